The summed E-state index contributed by atoms with van der Waals surface area (Å²) in [6.07, 6.45) is -3.87. The first-order chi connectivity index (χ1) is 15.8. The van der Waals surface area contributed by atoms with Gasteiger partial charge in [-0.3, -0.25) is 9.69 Å². The van der Waals surface area contributed by atoms with Crippen molar-refractivity contribution >= 4 is 22.6 Å². The molecule has 3 aromatic rings. The number of benzene rings is 2. The third-order valence-electron chi connectivity index (χ3n) is 6.43. The van der Waals surface area contributed by atoms with Gasteiger partial charge in [0.2, 0.25) is 5.43 Å². The molecule has 0 amide bonds. The van der Waals surface area contributed by atoms with Crippen molar-refractivity contribution in [2.24, 2.45) is 0 Å². The molecule has 10 heteroatoms. The molecule has 1 aliphatic rings. The number of carbonyl (C=O) groups is 1. The number of carboxylic acids is 1. The van der Waals surface area contributed by atoms with Crippen molar-refractivity contribution in [1.82, 2.24) is 9.47 Å². The second-order valence-corrected chi connectivity index (χ2v) is 9.04. The summed E-state index contributed by atoms with van der Waals surface area (Å²) in [5.74, 6) is -2.36. The topological polar surface area (TPSA) is 65.8 Å². The molecular formula is C24H23F4N3O3. The normalized spacial score (nSPS) is 16.7. The van der Waals surface area contributed by atoms with Crippen LogP contribution in [0.5, 0.6) is 0 Å². The molecule has 0 radical (unpaired) electrons. The van der Waals surface area contributed by atoms with Crippen molar-refractivity contribution in [1.29, 1.82) is 0 Å². The fourth-order valence-electron chi connectivity index (χ4n) is 4.30. The van der Waals surface area contributed by atoms with E-state index in [1.54, 1.807) is 4.90 Å². The largest absolute Gasteiger partial charge is 0.477 e. The van der Waals surface area contributed by atoms with Crippen LogP contribution in [0.1, 0.15) is 29.8 Å². The number of alkyl halides is 3. The highest BCUT2D eigenvalue weighted by Crippen LogP contribution is 2.36. The van der Waals surface area contributed by atoms with Crippen LogP contribution in [0.2, 0.25) is 0 Å². The third kappa shape index (κ3) is 4.02. The van der Waals surface area contributed by atoms with Gasteiger partial charge in [0, 0.05) is 36.8 Å². The lowest BCUT2D eigenvalue weighted by Gasteiger charge is -2.46. The number of piperazine rings is 1. The zero-order valence-electron chi connectivity index (χ0n) is 18.8. The van der Waals surface area contributed by atoms with Crippen molar-refractivity contribution in [2.75, 3.05) is 31.6 Å². The first-order valence-corrected chi connectivity index (χ1v) is 10.6. The summed E-state index contributed by atoms with van der Waals surface area (Å²) in [6.45, 7) is 5.53. The number of anilines is 1. The molecule has 180 valence electrons. The molecule has 0 aliphatic carbocycles. The summed E-state index contributed by atoms with van der Waals surface area (Å²) in [5.41, 5.74) is -3.27. The van der Waals surface area contributed by atoms with Gasteiger partial charge in [0.1, 0.15) is 11.4 Å². The van der Waals surface area contributed by atoms with E-state index in [1.807, 2.05) is 20.9 Å². The van der Waals surface area contributed by atoms with E-state index in [9.17, 15) is 27.9 Å². The molecule has 1 fully saturated rings. The molecule has 34 heavy (non-hydrogen) atoms. The fourth-order valence-corrected chi connectivity index (χ4v) is 4.30. The van der Waals surface area contributed by atoms with Gasteiger partial charge in [-0.15, -0.1) is 0 Å². The maximum Gasteiger partial charge on any atom is 0.418 e. The Bertz CT molecular complexity index is 1350. The molecule has 1 aliphatic heterocycles. The maximum absolute atomic E-state index is 15.2. The highest BCUT2D eigenvalue weighted by molar-refractivity contribution is 5.94. The number of carboxylic acid groups (broad SMARTS) is 1. The summed E-state index contributed by atoms with van der Waals surface area (Å²) < 4.78 is 57.5. The van der Waals surface area contributed by atoms with Crippen LogP contribution in [0.25, 0.3) is 16.6 Å². The third-order valence-corrected chi connectivity index (χ3v) is 6.43. The minimum atomic E-state index is -4.74. The second-order valence-electron chi connectivity index (χ2n) is 9.04. The summed E-state index contributed by atoms with van der Waals surface area (Å²) in [6, 6.07) is 6.88. The summed E-state index contributed by atoms with van der Waals surface area (Å²) >= 11 is 0. The fraction of sp³-hybridized carbons (Fsp3) is 0.333. The number of fused-ring (bicyclic) bond motifs is 1. The lowest BCUT2D eigenvalue weighted by Crippen LogP contribution is -2.57. The molecule has 4 rings (SSSR count). The number of halogens is 4. The zero-order chi connectivity index (χ0) is 25.0. The van der Waals surface area contributed by atoms with Crippen LogP contribution in [0.3, 0.4) is 0 Å². The SMILES string of the molecule is CN1CCN(c2cc3c(cc2F)c(=O)c(C(=O)O)cn3-c2ccccc2C(F)(F)F)CC1(C)C. The van der Waals surface area contributed by atoms with Crippen LogP contribution in [0.4, 0.5) is 23.2 Å². The number of likely N-dealkylation sites (N-methyl/N-ethyl adjacent to an activating group) is 1. The Kier molecular flexibility index (Phi) is 5.67. The van der Waals surface area contributed by atoms with Gasteiger partial charge >= 0.3 is 12.1 Å². The lowest BCUT2D eigenvalue weighted by molar-refractivity contribution is -0.137. The Labute approximate surface area is 192 Å². The molecule has 0 saturated carbocycles. The summed E-state index contributed by atoms with van der Waals surface area (Å²) in [4.78, 5) is 28.4. The Balaban J connectivity index is 2.03. The monoisotopic (exact) mass is 477 g/mol. The van der Waals surface area contributed by atoms with Gasteiger partial charge < -0.3 is 14.6 Å². The van der Waals surface area contributed by atoms with E-state index in [0.29, 0.717) is 19.6 Å². The first-order valence-electron chi connectivity index (χ1n) is 10.6. The van der Waals surface area contributed by atoms with Crippen LogP contribution >= 0.6 is 0 Å². The molecule has 2 aromatic carbocycles. The van der Waals surface area contributed by atoms with Crippen molar-refractivity contribution in [3.05, 3.63) is 69.8 Å². The van der Waals surface area contributed by atoms with Crippen LogP contribution in [0.15, 0.2) is 47.4 Å². The maximum atomic E-state index is 15.2. The number of pyridine rings is 1. The van der Waals surface area contributed by atoms with Crippen molar-refractivity contribution < 1.29 is 27.5 Å². The average Bonchev–Trinajstić information content (AvgIpc) is 2.75. The number of rotatable bonds is 3. The Morgan fingerprint density at radius 1 is 1.09 bits per heavy atom. The summed E-state index contributed by atoms with van der Waals surface area (Å²) in [7, 11) is 1.95. The van der Waals surface area contributed by atoms with Gasteiger partial charge in [0.05, 0.1) is 22.5 Å². The predicted molar refractivity (Wildman–Crippen MR) is 120 cm³/mol. The molecule has 0 bridgehead atoms. The number of hydrogen-bond donors (Lipinski definition) is 1. The Morgan fingerprint density at radius 2 is 1.76 bits per heavy atom. The average molecular weight is 477 g/mol. The van der Waals surface area contributed by atoms with E-state index in [2.05, 4.69) is 4.90 Å². The first kappa shape index (κ1) is 23.7. The van der Waals surface area contributed by atoms with Crippen LogP contribution in [-0.2, 0) is 6.18 Å². The number of hydrogen-bond acceptors (Lipinski definition) is 4. The minimum absolute atomic E-state index is 0.0140. The van der Waals surface area contributed by atoms with Gasteiger partial charge in [0.25, 0.3) is 0 Å². The molecule has 2 heterocycles. The molecule has 0 unspecified atom stereocenters. The van der Waals surface area contributed by atoms with E-state index in [4.69, 9.17) is 0 Å². The number of nitrogens with zero attached hydrogens (tertiary/aromatic N) is 3. The van der Waals surface area contributed by atoms with Gasteiger partial charge in [-0.05, 0) is 45.2 Å². The number of aromatic nitrogens is 1. The molecule has 0 spiro atoms. The molecule has 1 saturated heterocycles. The van der Waals surface area contributed by atoms with E-state index < -0.39 is 34.5 Å². The molecule has 1 N–H and O–H groups in total. The highest BCUT2D eigenvalue weighted by Gasteiger charge is 2.35. The van der Waals surface area contributed by atoms with Gasteiger partial charge in [0.15, 0.2) is 0 Å². The standard InChI is InChI=1S/C24H23F4N3O3/c1-23(2)13-30(9-8-29(23)3)20-11-19-14(10-17(20)25)21(32)15(22(33)34)12-31(19)18-7-5-4-6-16(18)24(26,27)28/h4-7,10-12H,8-9,13H2,1-3H3,(H,33,34). The van der Waals surface area contributed by atoms with E-state index in [1.165, 1.54) is 24.3 Å². The van der Waals surface area contributed by atoms with E-state index in [0.717, 1.165) is 22.9 Å². The molecular weight excluding hydrogens is 454 g/mol. The van der Waals surface area contributed by atoms with Crippen molar-refractivity contribution in [3.63, 3.8) is 0 Å². The van der Waals surface area contributed by atoms with Crippen LogP contribution < -0.4 is 10.3 Å². The molecule has 6 nitrogen and oxygen atoms in total. The highest BCUT2D eigenvalue weighted by atomic mass is 19.4. The Hall–Kier alpha value is -3.40. The number of aromatic carboxylic acids is 1. The van der Waals surface area contributed by atoms with Gasteiger partial charge in [-0.2, -0.15) is 13.2 Å². The molecule has 1 aromatic heterocycles. The van der Waals surface area contributed by atoms with Gasteiger partial charge in [-0.1, -0.05) is 12.1 Å². The quantitative estimate of drug-likeness (QED) is 0.568. The van der Waals surface area contributed by atoms with E-state index >= 15 is 4.39 Å². The van der Waals surface area contributed by atoms with E-state index in [-0.39, 0.29) is 27.8 Å². The smallest absolute Gasteiger partial charge is 0.418 e. The van der Waals surface area contributed by atoms with Crippen molar-refractivity contribution in [2.45, 2.75) is 25.6 Å². The van der Waals surface area contributed by atoms with Crippen molar-refractivity contribution in [3.8, 4) is 5.69 Å². The second kappa shape index (κ2) is 8.12. The minimum Gasteiger partial charge on any atom is -0.477 e. The Morgan fingerprint density at radius 3 is 2.38 bits per heavy atom. The molecule has 0 atom stereocenters. The predicted octanol–water partition coefficient (Wildman–Crippen LogP) is 4.38. The van der Waals surface area contributed by atoms with Gasteiger partial charge in [-0.25, -0.2) is 9.18 Å². The van der Waals surface area contributed by atoms with Crippen LogP contribution in [0, 0.1) is 5.82 Å². The zero-order valence-corrected chi connectivity index (χ0v) is 18.8. The summed E-state index contributed by atoms with van der Waals surface area (Å²) in [5, 5.41) is 9.18. The lowest BCUT2D eigenvalue weighted by atomic mass is 9.98. The number of para-hydroxylation sites is 1. The van der Waals surface area contributed by atoms with Crippen LogP contribution in [-0.4, -0.2) is 52.8 Å².